The fourth-order valence-corrected chi connectivity index (χ4v) is 3.63. The Hall–Kier alpha value is -3.07. The molecule has 4 rings (SSSR count). The highest BCUT2D eigenvalue weighted by atomic mass is 19.1. The van der Waals surface area contributed by atoms with E-state index in [1.54, 1.807) is 12.3 Å². The van der Waals surface area contributed by atoms with Gasteiger partial charge in [-0.3, -0.25) is 4.98 Å². The number of aromatic nitrogens is 1. The summed E-state index contributed by atoms with van der Waals surface area (Å²) < 4.78 is 20.2. The zero-order valence-electron chi connectivity index (χ0n) is 15.4. The number of ether oxygens (including phenoxy) is 1. The zero-order chi connectivity index (χ0) is 19.3. The molecule has 0 bridgehead atoms. The highest BCUT2D eigenvalue weighted by Crippen LogP contribution is 2.36. The first-order valence-electron chi connectivity index (χ1n) is 9.31. The average molecular weight is 375 g/mol. The molecule has 2 aromatic carbocycles. The van der Waals surface area contributed by atoms with Gasteiger partial charge in [0.25, 0.3) is 0 Å². The van der Waals surface area contributed by atoms with Gasteiger partial charge in [-0.15, -0.1) is 0 Å². The van der Waals surface area contributed by atoms with Gasteiger partial charge in [0.2, 0.25) is 0 Å². The lowest BCUT2D eigenvalue weighted by molar-refractivity contribution is 0.0293. The first-order valence-corrected chi connectivity index (χ1v) is 9.31. The highest BCUT2D eigenvalue weighted by Gasteiger charge is 2.19. The van der Waals surface area contributed by atoms with Crippen molar-refractivity contribution in [2.45, 2.75) is 12.5 Å². The predicted molar refractivity (Wildman–Crippen MR) is 108 cm³/mol. The minimum atomic E-state index is -0.512. The Morgan fingerprint density at radius 1 is 1.21 bits per heavy atom. The van der Waals surface area contributed by atoms with Gasteiger partial charge < -0.3 is 10.1 Å². The molecule has 0 saturated carbocycles. The van der Waals surface area contributed by atoms with Gasteiger partial charge in [0.05, 0.1) is 18.3 Å². The topological polar surface area (TPSA) is 57.9 Å². The van der Waals surface area contributed by atoms with Crippen molar-refractivity contribution in [3.63, 3.8) is 0 Å². The molecular formula is C23H22FN3O. The molecule has 1 aromatic heterocycles. The van der Waals surface area contributed by atoms with Gasteiger partial charge in [-0.25, -0.2) is 4.39 Å². The number of pyridine rings is 1. The van der Waals surface area contributed by atoms with Gasteiger partial charge in [-0.05, 0) is 40.5 Å². The Labute approximate surface area is 165 Å². The fourth-order valence-electron chi connectivity index (χ4n) is 3.63. The number of hydrogen-bond acceptors (Lipinski definition) is 4. The standard InChI is InChI=1S/C23H20FN3O.H2/c24-22-12-16(6-7-18(22)13-25)21-5-1-3-17(11-20-15-27-9-10-28-20)23(21)19-4-2-8-26-14-19;/h1-8,12,14,20,27H,9-11,15H2;1H. The molecule has 1 fully saturated rings. The molecule has 28 heavy (non-hydrogen) atoms. The van der Waals surface area contributed by atoms with Crippen LogP contribution in [-0.2, 0) is 11.2 Å². The van der Waals surface area contributed by atoms with Crippen molar-refractivity contribution in [1.29, 1.82) is 5.26 Å². The molecule has 1 aliphatic heterocycles. The monoisotopic (exact) mass is 375 g/mol. The molecule has 2 heterocycles. The molecule has 4 nitrogen and oxygen atoms in total. The summed E-state index contributed by atoms with van der Waals surface area (Å²) in [5.41, 5.74) is 4.82. The SMILES string of the molecule is N#Cc1ccc(-c2cccc(CC3CNCCO3)c2-c2cccnc2)cc1F.[HH]. The maximum atomic E-state index is 14.3. The molecule has 0 aliphatic carbocycles. The first-order chi connectivity index (χ1) is 13.8. The van der Waals surface area contributed by atoms with E-state index >= 15 is 0 Å². The lowest BCUT2D eigenvalue weighted by Crippen LogP contribution is -2.39. The average Bonchev–Trinajstić information content (AvgIpc) is 2.75. The molecular weight excluding hydrogens is 353 g/mol. The normalized spacial score (nSPS) is 16.5. The smallest absolute Gasteiger partial charge is 0.141 e. The molecule has 1 unspecified atom stereocenters. The van der Waals surface area contributed by atoms with Crippen molar-refractivity contribution in [3.8, 4) is 28.3 Å². The highest BCUT2D eigenvalue weighted by molar-refractivity contribution is 5.85. The molecule has 3 aromatic rings. The van der Waals surface area contributed by atoms with Gasteiger partial charge in [0.15, 0.2) is 0 Å². The Morgan fingerprint density at radius 3 is 2.86 bits per heavy atom. The van der Waals surface area contributed by atoms with Crippen LogP contribution in [0.1, 0.15) is 12.6 Å². The van der Waals surface area contributed by atoms with Gasteiger partial charge in [-0.1, -0.05) is 30.3 Å². The van der Waals surface area contributed by atoms with E-state index in [-0.39, 0.29) is 13.1 Å². The quantitative estimate of drug-likeness (QED) is 0.742. The van der Waals surface area contributed by atoms with E-state index in [0.717, 1.165) is 47.3 Å². The summed E-state index contributed by atoms with van der Waals surface area (Å²) in [6.45, 7) is 2.38. The van der Waals surface area contributed by atoms with E-state index in [1.807, 2.05) is 36.5 Å². The second kappa shape index (κ2) is 8.30. The summed E-state index contributed by atoms with van der Waals surface area (Å²) >= 11 is 0. The van der Waals surface area contributed by atoms with Crippen molar-refractivity contribution < 1.29 is 10.6 Å². The lowest BCUT2D eigenvalue weighted by atomic mass is 9.88. The maximum absolute atomic E-state index is 14.3. The van der Waals surface area contributed by atoms with E-state index in [1.165, 1.54) is 12.1 Å². The molecule has 1 atom stereocenters. The van der Waals surface area contributed by atoms with E-state index in [9.17, 15) is 4.39 Å². The molecule has 0 radical (unpaired) electrons. The number of morpholine rings is 1. The third-order valence-corrected chi connectivity index (χ3v) is 4.95. The summed E-state index contributed by atoms with van der Waals surface area (Å²) in [6.07, 6.45) is 4.41. The summed E-state index contributed by atoms with van der Waals surface area (Å²) in [6, 6.07) is 16.6. The molecule has 0 amide bonds. The molecule has 1 saturated heterocycles. The summed E-state index contributed by atoms with van der Waals surface area (Å²) in [4.78, 5) is 4.27. The van der Waals surface area contributed by atoms with Crippen LogP contribution >= 0.6 is 0 Å². The Balaban J connectivity index is 0.00000240. The molecule has 5 heteroatoms. The largest absolute Gasteiger partial charge is 0.375 e. The van der Waals surface area contributed by atoms with Crippen LogP contribution in [0.5, 0.6) is 0 Å². The third-order valence-electron chi connectivity index (χ3n) is 4.95. The number of nitrogens with one attached hydrogen (secondary N) is 1. The van der Waals surface area contributed by atoms with Crippen LogP contribution in [0.25, 0.3) is 22.3 Å². The number of hydrogen-bond donors (Lipinski definition) is 1. The van der Waals surface area contributed by atoms with Crippen LogP contribution in [0.15, 0.2) is 60.9 Å². The van der Waals surface area contributed by atoms with Crippen molar-refractivity contribution in [1.82, 2.24) is 10.3 Å². The van der Waals surface area contributed by atoms with Gasteiger partial charge in [0, 0.05) is 38.9 Å². The first kappa shape index (κ1) is 18.3. The van der Waals surface area contributed by atoms with Gasteiger partial charge in [-0.2, -0.15) is 5.26 Å². The summed E-state index contributed by atoms with van der Waals surface area (Å²) in [7, 11) is 0. The summed E-state index contributed by atoms with van der Waals surface area (Å²) in [5.74, 6) is -0.512. The molecule has 142 valence electrons. The Morgan fingerprint density at radius 2 is 2.14 bits per heavy atom. The van der Waals surface area contributed by atoms with Crippen molar-refractivity contribution in [2.75, 3.05) is 19.7 Å². The van der Waals surface area contributed by atoms with E-state index in [0.29, 0.717) is 6.61 Å². The number of rotatable bonds is 4. The van der Waals surface area contributed by atoms with Crippen LogP contribution in [0.4, 0.5) is 4.39 Å². The van der Waals surface area contributed by atoms with Gasteiger partial charge in [0.1, 0.15) is 11.9 Å². The molecule has 1 aliphatic rings. The summed E-state index contributed by atoms with van der Waals surface area (Å²) in [5, 5.41) is 12.4. The van der Waals surface area contributed by atoms with E-state index < -0.39 is 5.82 Å². The third kappa shape index (κ3) is 3.79. The van der Waals surface area contributed by atoms with Crippen LogP contribution in [0.2, 0.25) is 0 Å². The number of nitrogens with zero attached hydrogens (tertiary/aromatic N) is 2. The zero-order valence-corrected chi connectivity index (χ0v) is 15.4. The van der Waals surface area contributed by atoms with E-state index in [2.05, 4.69) is 16.4 Å². The van der Waals surface area contributed by atoms with Crippen LogP contribution in [0.3, 0.4) is 0 Å². The lowest BCUT2D eigenvalue weighted by Gasteiger charge is -2.25. The number of halogens is 1. The van der Waals surface area contributed by atoms with Crippen LogP contribution < -0.4 is 5.32 Å². The fraction of sp³-hybridized carbons (Fsp3) is 0.217. The maximum Gasteiger partial charge on any atom is 0.141 e. The minimum Gasteiger partial charge on any atom is -0.375 e. The minimum absolute atomic E-state index is 0. The second-order valence-electron chi connectivity index (χ2n) is 6.79. The predicted octanol–water partition coefficient (Wildman–Crippen LogP) is 4.20. The number of nitriles is 1. The van der Waals surface area contributed by atoms with Crippen molar-refractivity contribution >= 4 is 0 Å². The Bertz CT molecular complexity index is 1010. The second-order valence-corrected chi connectivity index (χ2v) is 6.79. The van der Waals surface area contributed by atoms with E-state index in [4.69, 9.17) is 10.00 Å². The van der Waals surface area contributed by atoms with Crippen LogP contribution in [-0.4, -0.2) is 30.8 Å². The van der Waals surface area contributed by atoms with Crippen molar-refractivity contribution in [2.24, 2.45) is 0 Å². The molecule has 0 spiro atoms. The number of benzene rings is 2. The molecule has 1 N–H and O–H groups in total. The van der Waals surface area contributed by atoms with Crippen LogP contribution in [0, 0.1) is 17.1 Å². The van der Waals surface area contributed by atoms with Crippen molar-refractivity contribution in [3.05, 3.63) is 77.9 Å². The van der Waals surface area contributed by atoms with Gasteiger partial charge >= 0.3 is 0 Å². The Kier molecular flexibility index (Phi) is 5.43.